The van der Waals surface area contributed by atoms with Crippen molar-refractivity contribution in [3.63, 3.8) is 0 Å². The number of rotatable bonds is 5. The summed E-state index contributed by atoms with van der Waals surface area (Å²) in [6.07, 6.45) is 0. The van der Waals surface area contributed by atoms with Crippen LogP contribution in [0.25, 0.3) is 0 Å². The van der Waals surface area contributed by atoms with Crippen molar-refractivity contribution >= 4 is 28.4 Å². The van der Waals surface area contributed by atoms with Gasteiger partial charge in [-0.15, -0.1) is 0 Å². The molecule has 0 radical (unpaired) electrons. The number of nitro groups is 3. The molecule has 0 amide bonds. The lowest BCUT2D eigenvalue weighted by atomic mass is 10.0. The van der Waals surface area contributed by atoms with E-state index in [1.165, 1.54) is 0 Å². The molecular weight excluding hydrogens is 332 g/mol. The summed E-state index contributed by atoms with van der Waals surface area (Å²) in [5, 5.41) is 36.2. The molecule has 0 fully saturated rings. The summed E-state index contributed by atoms with van der Waals surface area (Å²) in [6, 6.07) is 4.94. The number of hydrogen-bond acceptors (Lipinski definition) is 7. The number of non-ortho nitro benzene ring substituents is 1. The average Bonchev–Trinajstić information content (AvgIpc) is 2.51. The van der Waals surface area contributed by atoms with Crippen molar-refractivity contribution in [2.45, 2.75) is 20.8 Å². The second kappa shape index (κ2) is 6.51. The van der Waals surface area contributed by atoms with Gasteiger partial charge in [-0.2, -0.15) is 0 Å². The lowest BCUT2D eigenvalue weighted by molar-refractivity contribution is -0.401. The largest absolute Gasteiger partial charge is 0.344 e. The molecule has 2 aromatic rings. The lowest BCUT2D eigenvalue weighted by Crippen LogP contribution is -2.04. The third kappa shape index (κ3) is 3.52. The Hall–Kier alpha value is -3.56. The van der Waals surface area contributed by atoms with Gasteiger partial charge < -0.3 is 5.32 Å². The monoisotopic (exact) mass is 346 g/mol. The Morgan fingerprint density at radius 1 is 0.720 bits per heavy atom. The fourth-order valence-electron chi connectivity index (χ4n) is 2.35. The Bertz CT molecular complexity index is 874. The number of aryl methyl sites for hydroxylation is 3. The fourth-order valence-corrected chi connectivity index (χ4v) is 2.35. The van der Waals surface area contributed by atoms with Crippen LogP contribution in [-0.2, 0) is 0 Å². The molecule has 0 aliphatic carbocycles. The topological polar surface area (TPSA) is 141 Å². The molecule has 0 atom stereocenters. The Morgan fingerprint density at radius 3 is 1.64 bits per heavy atom. The second-order valence-electron chi connectivity index (χ2n) is 5.51. The average molecular weight is 346 g/mol. The molecule has 0 heterocycles. The Labute approximate surface area is 141 Å². The molecular formula is C15H14N4O6. The minimum atomic E-state index is -0.912. The number of anilines is 2. The summed E-state index contributed by atoms with van der Waals surface area (Å²) in [5.74, 6) is 0. The van der Waals surface area contributed by atoms with Crippen LogP contribution in [0.1, 0.15) is 16.7 Å². The highest BCUT2D eigenvalue weighted by atomic mass is 16.6. The van der Waals surface area contributed by atoms with Crippen molar-refractivity contribution in [1.29, 1.82) is 0 Å². The molecule has 130 valence electrons. The van der Waals surface area contributed by atoms with Gasteiger partial charge in [0.15, 0.2) is 5.69 Å². The molecule has 2 aromatic carbocycles. The highest BCUT2D eigenvalue weighted by Crippen LogP contribution is 2.40. The van der Waals surface area contributed by atoms with E-state index in [2.05, 4.69) is 5.32 Å². The minimum Gasteiger partial charge on any atom is -0.344 e. The van der Waals surface area contributed by atoms with Crippen molar-refractivity contribution in [2.75, 3.05) is 5.32 Å². The molecule has 25 heavy (non-hydrogen) atoms. The quantitative estimate of drug-likeness (QED) is 0.634. The van der Waals surface area contributed by atoms with E-state index in [0.717, 1.165) is 16.7 Å². The van der Waals surface area contributed by atoms with Crippen LogP contribution in [0.15, 0.2) is 24.3 Å². The zero-order valence-electron chi connectivity index (χ0n) is 13.6. The van der Waals surface area contributed by atoms with Crippen molar-refractivity contribution in [3.05, 3.63) is 71.3 Å². The Kier molecular flexibility index (Phi) is 4.63. The SMILES string of the molecule is Cc1cc(C)c(Nc2c([N+](=O)[O-])cc([N+](=O)[O-])cc2[N+](=O)[O-])cc1C. The van der Waals surface area contributed by atoms with E-state index in [-0.39, 0.29) is 0 Å². The zero-order chi connectivity index (χ0) is 18.9. The molecule has 0 aliphatic rings. The van der Waals surface area contributed by atoms with E-state index < -0.39 is 37.5 Å². The fraction of sp³-hybridized carbons (Fsp3) is 0.200. The summed E-state index contributed by atoms with van der Waals surface area (Å²) in [4.78, 5) is 30.8. The number of nitro benzene ring substituents is 3. The number of hydrogen-bond donors (Lipinski definition) is 1. The van der Waals surface area contributed by atoms with E-state index in [1.807, 2.05) is 19.9 Å². The molecule has 1 N–H and O–H groups in total. The van der Waals surface area contributed by atoms with Crippen molar-refractivity contribution in [3.8, 4) is 0 Å². The van der Waals surface area contributed by atoms with Crippen LogP contribution < -0.4 is 5.32 Å². The summed E-state index contributed by atoms with van der Waals surface area (Å²) in [7, 11) is 0. The first kappa shape index (κ1) is 17.8. The molecule has 0 aliphatic heterocycles. The number of nitrogens with one attached hydrogen (secondary N) is 1. The summed E-state index contributed by atoms with van der Waals surface area (Å²) in [6.45, 7) is 5.47. The first-order valence-electron chi connectivity index (χ1n) is 7.08. The second-order valence-corrected chi connectivity index (χ2v) is 5.51. The molecule has 0 bridgehead atoms. The van der Waals surface area contributed by atoms with Gasteiger partial charge in [-0.25, -0.2) is 0 Å². The highest BCUT2D eigenvalue weighted by Gasteiger charge is 2.31. The third-order valence-corrected chi connectivity index (χ3v) is 3.79. The molecule has 10 heteroatoms. The van der Waals surface area contributed by atoms with E-state index in [4.69, 9.17) is 0 Å². The normalized spacial score (nSPS) is 10.4. The zero-order valence-corrected chi connectivity index (χ0v) is 13.6. The van der Waals surface area contributed by atoms with Crippen LogP contribution in [0, 0.1) is 51.1 Å². The van der Waals surface area contributed by atoms with Gasteiger partial charge in [-0.05, 0) is 43.5 Å². The van der Waals surface area contributed by atoms with Crippen molar-refractivity contribution < 1.29 is 14.8 Å². The van der Waals surface area contributed by atoms with E-state index in [1.54, 1.807) is 13.0 Å². The van der Waals surface area contributed by atoms with E-state index >= 15 is 0 Å². The first-order valence-corrected chi connectivity index (χ1v) is 7.08. The predicted molar refractivity (Wildman–Crippen MR) is 90.3 cm³/mol. The maximum absolute atomic E-state index is 11.3. The minimum absolute atomic E-state index is 0.396. The standard InChI is InChI=1S/C15H14N4O6/c1-8-4-10(3)12(5-9(8)2)16-15-13(18(22)23)6-11(17(20)21)7-14(15)19(24)25/h4-7,16H,1-3H3. The number of benzene rings is 2. The van der Waals surface area contributed by atoms with Crippen LogP contribution in [-0.4, -0.2) is 14.8 Å². The van der Waals surface area contributed by atoms with Gasteiger partial charge in [-0.3, -0.25) is 30.3 Å². The van der Waals surface area contributed by atoms with Gasteiger partial charge in [-0.1, -0.05) is 6.07 Å². The van der Waals surface area contributed by atoms with Crippen molar-refractivity contribution in [2.24, 2.45) is 0 Å². The van der Waals surface area contributed by atoms with Gasteiger partial charge in [0.25, 0.3) is 5.69 Å². The first-order chi connectivity index (χ1) is 11.6. The van der Waals surface area contributed by atoms with E-state index in [0.29, 0.717) is 17.8 Å². The lowest BCUT2D eigenvalue weighted by Gasteiger charge is -2.13. The van der Waals surface area contributed by atoms with Gasteiger partial charge >= 0.3 is 11.4 Å². The summed E-state index contributed by atoms with van der Waals surface area (Å²) in [5.41, 5.74) is 0.467. The smallest absolute Gasteiger partial charge is 0.306 e. The van der Waals surface area contributed by atoms with Crippen LogP contribution in [0.3, 0.4) is 0 Å². The van der Waals surface area contributed by atoms with Crippen molar-refractivity contribution in [1.82, 2.24) is 0 Å². The molecule has 0 unspecified atom stereocenters. The molecule has 10 nitrogen and oxygen atoms in total. The van der Waals surface area contributed by atoms with Gasteiger partial charge in [0.2, 0.25) is 0 Å². The van der Waals surface area contributed by atoms with E-state index in [9.17, 15) is 30.3 Å². The number of nitrogens with zero attached hydrogens (tertiary/aromatic N) is 3. The van der Waals surface area contributed by atoms with Crippen LogP contribution in [0.5, 0.6) is 0 Å². The summed E-state index contributed by atoms with van der Waals surface area (Å²) >= 11 is 0. The van der Waals surface area contributed by atoms with Gasteiger partial charge in [0, 0.05) is 5.69 Å². The molecule has 0 saturated carbocycles. The summed E-state index contributed by atoms with van der Waals surface area (Å²) < 4.78 is 0. The molecule has 0 aromatic heterocycles. The van der Waals surface area contributed by atoms with Gasteiger partial charge in [0.05, 0.1) is 26.9 Å². The molecule has 0 spiro atoms. The Balaban J connectivity index is 2.71. The molecule has 0 saturated heterocycles. The highest BCUT2D eigenvalue weighted by molar-refractivity contribution is 5.82. The maximum atomic E-state index is 11.3. The third-order valence-electron chi connectivity index (χ3n) is 3.79. The van der Waals surface area contributed by atoms with Crippen LogP contribution in [0.2, 0.25) is 0 Å². The Morgan fingerprint density at radius 2 is 1.20 bits per heavy atom. The van der Waals surface area contributed by atoms with Crippen LogP contribution >= 0.6 is 0 Å². The molecule has 2 rings (SSSR count). The van der Waals surface area contributed by atoms with Crippen LogP contribution in [0.4, 0.5) is 28.4 Å². The van der Waals surface area contributed by atoms with Gasteiger partial charge in [0.1, 0.15) is 0 Å². The predicted octanol–water partition coefficient (Wildman–Crippen LogP) is 4.08. The maximum Gasteiger partial charge on any atom is 0.306 e.